The molecule has 1 atom stereocenters. The predicted molar refractivity (Wildman–Crippen MR) is 109 cm³/mol. The van der Waals surface area contributed by atoms with Gasteiger partial charge in [0.05, 0.1) is 12.8 Å². The van der Waals surface area contributed by atoms with E-state index in [2.05, 4.69) is 5.10 Å². The van der Waals surface area contributed by atoms with Crippen LogP contribution in [0.4, 0.5) is 0 Å². The van der Waals surface area contributed by atoms with Gasteiger partial charge < -0.3 is 14.4 Å². The number of aromatic nitrogens is 2. The average Bonchev–Trinajstić information content (AvgIpc) is 3.30. The summed E-state index contributed by atoms with van der Waals surface area (Å²) in [5, 5.41) is 4.57. The molecule has 1 aromatic heterocycles. The molecule has 7 nitrogen and oxygen atoms in total. The lowest BCUT2D eigenvalue weighted by Gasteiger charge is -2.33. The Kier molecular flexibility index (Phi) is 5.94. The van der Waals surface area contributed by atoms with Crippen LogP contribution in [-0.2, 0) is 16.1 Å². The van der Waals surface area contributed by atoms with Gasteiger partial charge in [0, 0.05) is 37.9 Å². The molecule has 4 rings (SSSR count). The summed E-state index contributed by atoms with van der Waals surface area (Å²) in [5.74, 6) is 1.24. The number of nitrogens with zero attached hydrogens (tertiary/aromatic N) is 3. The monoisotopic (exact) mass is 397 g/mol. The van der Waals surface area contributed by atoms with Crippen molar-refractivity contribution >= 4 is 5.91 Å². The number of carbonyl (C=O) groups is 1. The first-order chi connectivity index (χ1) is 14.1. The summed E-state index contributed by atoms with van der Waals surface area (Å²) in [7, 11) is 1.63. The van der Waals surface area contributed by atoms with Gasteiger partial charge in [-0.25, -0.2) is 4.68 Å². The van der Waals surface area contributed by atoms with Crippen molar-refractivity contribution in [1.29, 1.82) is 0 Å². The number of amides is 1. The van der Waals surface area contributed by atoms with Gasteiger partial charge in [0.15, 0.2) is 0 Å². The van der Waals surface area contributed by atoms with Crippen molar-refractivity contribution in [2.45, 2.75) is 38.3 Å². The molecule has 154 valence electrons. The van der Waals surface area contributed by atoms with E-state index in [1.54, 1.807) is 23.9 Å². The van der Waals surface area contributed by atoms with Crippen LogP contribution in [0.5, 0.6) is 5.75 Å². The fourth-order valence-corrected chi connectivity index (χ4v) is 4.05. The van der Waals surface area contributed by atoms with Crippen LogP contribution in [0.3, 0.4) is 0 Å². The normalized spacial score (nSPS) is 20.0. The summed E-state index contributed by atoms with van der Waals surface area (Å²) in [5.41, 5.74) is 1.61. The molecule has 0 radical (unpaired) electrons. The third kappa shape index (κ3) is 4.50. The van der Waals surface area contributed by atoms with Crippen molar-refractivity contribution in [3.63, 3.8) is 0 Å². The van der Waals surface area contributed by atoms with Crippen LogP contribution in [0.25, 0.3) is 11.3 Å². The molecule has 3 heterocycles. The van der Waals surface area contributed by atoms with E-state index in [-0.39, 0.29) is 17.6 Å². The van der Waals surface area contributed by atoms with Gasteiger partial charge in [-0.2, -0.15) is 5.10 Å². The Morgan fingerprint density at radius 1 is 1.14 bits per heavy atom. The summed E-state index contributed by atoms with van der Waals surface area (Å²) in [6.07, 6.45) is 3.29. The quantitative estimate of drug-likeness (QED) is 0.774. The smallest absolute Gasteiger partial charge is 0.266 e. The van der Waals surface area contributed by atoms with Crippen molar-refractivity contribution in [1.82, 2.24) is 14.7 Å². The molecule has 2 aliphatic rings. The van der Waals surface area contributed by atoms with E-state index in [9.17, 15) is 9.59 Å². The highest BCUT2D eigenvalue weighted by molar-refractivity contribution is 5.81. The second-order valence-electron chi connectivity index (χ2n) is 7.74. The third-order valence-electron chi connectivity index (χ3n) is 5.81. The maximum Gasteiger partial charge on any atom is 0.266 e. The largest absolute Gasteiger partial charge is 0.497 e. The number of carbonyl (C=O) groups excluding carboxylic acids is 1. The van der Waals surface area contributed by atoms with Crippen molar-refractivity contribution in [3.8, 4) is 17.0 Å². The Hall–Kier alpha value is -2.67. The highest BCUT2D eigenvalue weighted by Crippen LogP contribution is 2.23. The number of likely N-dealkylation sites (tertiary alicyclic amines) is 1. The molecule has 0 N–H and O–H groups in total. The van der Waals surface area contributed by atoms with Crippen LogP contribution < -0.4 is 10.3 Å². The first-order valence-corrected chi connectivity index (χ1v) is 10.3. The summed E-state index contributed by atoms with van der Waals surface area (Å²) >= 11 is 0. The molecule has 2 saturated heterocycles. The molecule has 1 aromatic carbocycles. The highest BCUT2D eigenvalue weighted by atomic mass is 16.5. The van der Waals surface area contributed by atoms with E-state index in [0.717, 1.165) is 55.8 Å². The second kappa shape index (κ2) is 8.78. The van der Waals surface area contributed by atoms with Crippen LogP contribution in [0.15, 0.2) is 41.2 Å². The Balaban J connectivity index is 1.39. The summed E-state index contributed by atoms with van der Waals surface area (Å²) < 4.78 is 12.3. The lowest BCUT2D eigenvalue weighted by molar-refractivity contribution is -0.142. The minimum Gasteiger partial charge on any atom is -0.497 e. The predicted octanol–water partition coefficient (Wildman–Crippen LogP) is 2.34. The molecule has 2 aliphatic heterocycles. The topological polar surface area (TPSA) is 73.7 Å². The Bertz CT molecular complexity index is 895. The lowest BCUT2D eigenvalue weighted by atomic mass is 9.96. The maximum absolute atomic E-state index is 12.5. The van der Waals surface area contributed by atoms with E-state index in [1.807, 2.05) is 29.2 Å². The first kappa shape index (κ1) is 19.6. The van der Waals surface area contributed by atoms with Crippen LogP contribution in [-0.4, -0.2) is 53.5 Å². The number of hydrogen-bond acceptors (Lipinski definition) is 5. The van der Waals surface area contributed by atoms with E-state index in [1.165, 1.54) is 0 Å². The van der Waals surface area contributed by atoms with Gasteiger partial charge in [0.1, 0.15) is 11.9 Å². The number of ether oxygens (including phenoxy) is 2. The molecule has 0 bridgehead atoms. The molecular formula is C22H27N3O4. The zero-order valence-electron chi connectivity index (χ0n) is 16.8. The summed E-state index contributed by atoms with van der Waals surface area (Å²) in [6.45, 7) is 2.70. The van der Waals surface area contributed by atoms with E-state index >= 15 is 0 Å². The number of rotatable bonds is 5. The highest BCUT2D eigenvalue weighted by Gasteiger charge is 2.31. The van der Waals surface area contributed by atoms with Crippen LogP contribution in [0.1, 0.15) is 25.7 Å². The third-order valence-corrected chi connectivity index (χ3v) is 5.81. The summed E-state index contributed by atoms with van der Waals surface area (Å²) in [4.78, 5) is 26.7. The van der Waals surface area contributed by atoms with E-state index < -0.39 is 0 Å². The molecule has 0 spiro atoms. The molecule has 1 amide bonds. The molecule has 0 unspecified atom stereocenters. The van der Waals surface area contributed by atoms with Gasteiger partial charge in [0.25, 0.3) is 11.5 Å². The minimum atomic E-state index is -0.253. The number of hydrogen-bond donors (Lipinski definition) is 0. The molecule has 2 aromatic rings. The fraction of sp³-hybridized carbons (Fsp3) is 0.500. The lowest BCUT2D eigenvalue weighted by Crippen LogP contribution is -2.44. The van der Waals surface area contributed by atoms with Crippen molar-refractivity contribution in [2.75, 3.05) is 26.8 Å². The molecule has 0 saturated carbocycles. The fourth-order valence-electron chi connectivity index (χ4n) is 4.05. The van der Waals surface area contributed by atoms with E-state index in [0.29, 0.717) is 19.1 Å². The van der Waals surface area contributed by atoms with Crippen molar-refractivity contribution < 1.29 is 14.3 Å². The number of methoxy groups -OCH3 is 1. The molecule has 7 heteroatoms. The first-order valence-electron chi connectivity index (χ1n) is 10.3. The zero-order valence-corrected chi connectivity index (χ0v) is 16.8. The van der Waals surface area contributed by atoms with Crippen LogP contribution in [0.2, 0.25) is 0 Å². The van der Waals surface area contributed by atoms with Crippen molar-refractivity contribution in [2.24, 2.45) is 5.92 Å². The van der Waals surface area contributed by atoms with Crippen LogP contribution >= 0.6 is 0 Å². The maximum atomic E-state index is 12.5. The Morgan fingerprint density at radius 3 is 2.55 bits per heavy atom. The Labute approximate surface area is 170 Å². The zero-order chi connectivity index (χ0) is 20.2. The van der Waals surface area contributed by atoms with Gasteiger partial charge in [-0.05, 0) is 61.9 Å². The standard InChI is InChI=1S/C22H27N3O4/c1-28-18-6-4-17(5-7-18)19-8-9-21(26)25(23-19)15-16-10-12-24(13-11-16)22(27)20-3-2-14-29-20/h4-9,16,20H,2-3,10-15H2,1H3/t20-/m0/s1. The average molecular weight is 397 g/mol. The SMILES string of the molecule is COc1ccc(-c2ccc(=O)n(CC3CCN(C(=O)[C@@H]4CCCO4)CC3)n2)cc1. The molecule has 0 aliphatic carbocycles. The van der Waals surface area contributed by atoms with Gasteiger partial charge in [-0.1, -0.05) is 0 Å². The molecule has 29 heavy (non-hydrogen) atoms. The number of piperidine rings is 1. The Morgan fingerprint density at radius 2 is 1.90 bits per heavy atom. The van der Waals surface area contributed by atoms with Gasteiger partial charge in [0.2, 0.25) is 0 Å². The second-order valence-corrected chi connectivity index (χ2v) is 7.74. The van der Waals surface area contributed by atoms with Gasteiger partial charge >= 0.3 is 0 Å². The van der Waals surface area contributed by atoms with E-state index in [4.69, 9.17) is 9.47 Å². The number of benzene rings is 1. The van der Waals surface area contributed by atoms with Crippen molar-refractivity contribution in [3.05, 3.63) is 46.8 Å². The molecule has 2 fully saturated rings. The summed E-state index contributed by atoms with van der Waals surface area (Å²) in [6, 6.07) is 11.0. The van der Waals surface area contributed by atoms with Gasteiger partial charge in [-0.15, -0.1) is 0 Å². The van der Waals surface area contributed by atoms with Gasteiger partial charge in [-0.3, -0.25) is 9.59 Å². The van der Waals surface area contributed by atoms with Crippen LogP contribution in [0, 0.1) is 5.92 Å². The molecular weight excluding hydrogens is 370 g/mol. The minimum absolute atomic E-state index is 0.0971.